The Hall–Kier alpha value is -3.19. The van der Waals surface area contributed by atoms with Gasteiger partial charge in [-0.1, -0.05) is 76.8 Å². The lowest BCUT2D eigenvalue weighted by Gasteiger charge is -2.31. The van der Waals surface area contributed by atoms with Crippen LogP contribution in [0.25, 0.3) is 16.6 Å². The molecule has 0 spiro atoms. The summed E-state index contributed by atoms with van der Waals surface area (Å²) in [6.07, 6.45) is 12.8. The smallest absolute Gasteiger partial charge is 0.266 e. The fourth-order valence-corrected chi connectivity index (χ4v) is 5.30. The number of carbonyl (C=O) groups excluding carboxylic acids is 1. The summed E-state index contributed by atoms with van der Waals surface area (Å²) in [6, 6.07) is 14.4. The molecular formula is C34H50N4O3. The van der Waals surface area contributed by atoms with E-state index in [-0.39, 0.29) is 17.5 Å². The number of carbonyl (C=O) groups is 1. The Balaban J connectivity index is 1.79. The molecule has 1 unspecified atom stereocenters. The van der Waals surface area contributed by atoms with Crippen LogP contribution in [0.5, 0.6) is 5.75 Å². The minimum absolute atomic E-state index is 0.114. The first kappa shape index (κ1) is 32.3. The van der Waals surface area contributed by atoms with Crippen LogP contribution in [-0.4, -0.2) is 59.6 Å². The number of unbranched alkanes of at least 4 members (excludes halogenated alkanes) is 9. The van der Waals surface area contributed by atoms with Crippen LogP contribution in [0.2, 0.25) is 0 Å². The second kappa shape index (κ2) is 16.9. The number of fused-ring (bicyclic) bond motifs is 1. The topological polar surface area (TPSA) is 67.7 Å². The number of rotatable bonds is 18. The van der Waals surface area contributed by atoms with E-state index in [2.05, 4.69) is 11.8 Å². The molecule has 41 heavy (non-hydrogen) atoms. The average molecular weight is 563 g/mol. The van der Waals surface area contributed by atoms with Crippen LogP contribution in [-0.2, 0) is 4.79 Å². The minimum atomic E-state index is -0.384. The second-order valence-electron chi connectivity index (χ2n) is 11.3. The molecule has 0 saturated heterocycles. The monoisotopic (exact) mass is 562 g/mol. The lowest BCUT2D eigenvalue weighted by molar-refractivity contribution is -0.133. The highest BCUT2D eigenvalue weighted by molar-refractivity contribution is 5.79. The molecule has 0 fully saturated rings. The third-order valence-corrected chi connectivity index (χ3v) is 7.83. The number of likely N-dealkylation sites (N-methyl/N-ethyl adjacent to an activating group) is 1. The van der Waals surface area contributed by atoms with E-state index in [0.29, 0.717) is 41.1 Å². The number of nitrogens with zero attached hydrogens (tertiary/aromatic N) is 4. The standard InChI is InChI=1S/C34H50N4O3/c1-6-7-8-9-10-11-12-13-14-15-20-32(39)37(26-25-36(3)4)27(2)33-35-31-19-17-16-18-30(31)34(40)38(33)28-21-23-29(41-5)24-22-28/h16-19,21-24,27H,6-15,20,25-26H2,1-5H3. The molecule has 3 rings (SSSR count). The second-order valence-corrected chi connectivity index (χ2v) is 11.3. The first-order chi connectivity index (χ1) is 19.9. The minimum Gasteiger partial charge on any atom is -0.497 e. The normalized spacial score (nSPS) is 12.1. The molecule has 1 atom stereocenters. The number of methoxy groups -OCH3 is 1. The van der Waals surface area contributed by atoms with E-state index in [1.165, 1.54) is 51.4 Å². The molecule has 0 aliphatic rings. The summed E-state index contributed by atoms with van der Waals surface area (Å²) in [5, 5.41) is 0.552. The molecule has 224 valence electrons. The van der Waals surface area contributed by atoms with Crippen molar-refractivity contribution in [1.82, 2.24) is 19.4 Å². The first-order valence-corrected chi connectivity index (χ1v) is 15.5. The highest BCUT2D eigenvalue weighted by Crippen LogP contribution is 2.25. The van der Waals surface area contributed by atoms with Crippen molar-refractivity contribution in [3.63, 3.8) is 0 Å². The Morgan fingerprint density at radius 1 is 0.878 bits per heavy atom. The molecule has 0 saturated carbocycles. The molecule has 2 aromatic carbocycles. The lowest BCUT2D eigenvalue weighted by Crippen LogP contribution is -2.40. The zero-order chi connectivity index (χ0) is 29.6. The third kappa shape index (κ3) is 9.42. The Bertz CT molecular complexity index is 1270. The van der Waals surface area contributed by atoms with Crippen molar-refractivity contribution in [2.45, 2.75) is 90.5 Å². The van der Waals surface area contributed by atoms with Gasteiger partial charge in [0.15, 0.2) is 0 Å². The Kier molecular flexibility index (Phi) is 13.3. The van der Waals surface area contributed by atoms with Gasteiger partial charge in [0.2, 0.25) is 5.91 Å². The van der Waals surface area contributed by atoms with E-state index < -0.39 is 0 Å². The van der Waals surface area contributed by atoms with Crippen LogP contribution in [0, 0.1) is 0 Å². The van der Waals surface area contributed by atoms with Gasteiger partial charge in [-0.25, -0.2) is 4.98 Å². The number of aromatic nitrogens is 2. The third-order valence-electron chi connectivity index (χ3n) is 7.83. The van der Waals surface area contributed by atoms with E-state index >= 15 is 0 Å². The van der Waals surface area contributed by atoms with Crippen LogP contribution in [0.15, 0.2) is 53.3 Å². The van der Waals surface area contributed by atoms with Crippen molar-refractivity contribution < 1.29 is 9.53 Å². The number of para-hydroxylation sites is 1. The molecule has 0 bridgehead atoms. The highest BCUT2D eigenvalue weighted by atomic mass is 16.5. The van der Waals surface area contributed by atoms with Gasteiger partial charge in [0, 0.05) is 19.5 Å². The molecule has 0 aliphatic heterocycles. The van der Waals surface area contributed by atoms with Crippen molar-refractivity contribution in [2.24, 2.45) is 0 Å². The van der Waals surface area contributed by atoms with Crippen LogP contribution >= 0.6 is 0 Å². The maximum Gasteiger partial charge on any atom is 0.266 e. The zero-order valence-electron chi connectivity index (χ0n) is 25.9. The van der Waals surface area contributed by atoms with Crippen molar-refractivity contribution in [2.75, 3.05) is 34.3 Å². The van der Waals surface area contributed by atoms with Gasteiger partial charge < -0.3 is 14.5 Å². The van der Waals surface area contributed by atoms with E-state index in [9.17, 15) is 9.59 Å². The first-order valence-electron chi connectivity index (χ1n) is 15.5. The van der Waals surface area contributed by atoms with Gasteiger partial charge in [0.05, 0.1) is 29.7 Å². The van der Waals surface area contributed by atoms with Gasteiger partial charge in [-0.3, -0.25) is 14.2 Å². The predicted molar refractivity (Wildman–Crippen MR) is 169 cm³/mol. The molecule has 1 heterocycles. The van der Waals surface area contributed by atoms with Gasteiger partial charge in [-0.2, -0.15) is 0 Å². The molecule has 3 aromatic rings. The largest absolute Gasteiger partial charge is 0.497 e. The molecule has 0 radical (unpaired) electrons. The van der Waals surface area contributed by atoms with E-state index in [1.807, 2.05) is 68.4 Å². The highest BCUT2D eigenvalue weighted by Gasteiger charge is 2.26. The maximum absolute atomic E-state index is 13.8. The molecule has 1 amide bonds. The van der Waals surface area contributed by atoms with Gasteiger partial charge in [-0.15, -0.1) is 0 Å². The van der Waals surface area contributed by atoms with Gasteiger partial charge in [0.1, 0.15) is 11.6 Å². The summed E-state index contributed by atoms with van der Waals surface area (Å²) in [5.74, 6) is 1.39. The number of hydrogen-bond acceptors (Lipinski definition) is 5. The van der Waals surface area contributed by atoms with Crippen molar-refractivity contribution in [3.8, 4) is 11.4 Å². The quantitative estimate of drug-likeness (QED) is 0.154. The van der Waals surface area contributed by atoms with Gasteiger partial charge >= 0.3 is 0 Å². The Morgan fingerprint density at radius 2 is 1.49 bits per heavy atom. The fourth-order valence-electron chi connectivity index (χ4n) is 5.30. The summed E-state index contributed by atoms with van der Waals surface area (Å²) in [7, 11) is 5.64. The molecule has 0 aliphatic carbocycles. The van der Waals surface area contributed by atoms with Crippen molar-refractivity contribution in [3.05, 3.63) is 64.7 Å². The van der Waals surface area contributed by atoms with Crippen LogP contribution in [0.3, 0.4) is 0 Å². The number of ether oxygens (including phenoxy) is 1. The summed E-state index contributed by atoms with van der Waals surface area (Å²) >= 11 is 0. The van der Waals surface area contributed by atoms with E-state index in [1.54, 1.807) is 17.7 Å². The van der Waals surface area contributed by atoms with Gasteiger partial charge in [-0.05, 0) is 63.8 Å². The fraction of sp³-hybridized carbons (Fsp3) is 0.559. The Morgan fingerprint density at radius 3 is 2.10 bits per heavy atom. The van der Waals surface area contributed by atoms with Crippen LogP contribution < -0.4 is 10.3 Å². The lowest BCUT2D eigenvalue weighted by atomic mass is 10.1. The predicted octanol–water partition coefficient (Wildman–Crippen LogP) is 7.16. The molecular weight excluding hydrogens is 512 g/mol. The summed E-state index contributed by atoms with van der Waals surface area (Å²) in [4.78, 5) is 36.4. The molecule has 1 aromatic heterocycles. The van der Waals surface area contributed by atoms with Crippen molar-refractivity contribution in [1.29, 1.82) is 0 Å². The number of amides is 1. The molecule has 0 N–H and O–H groups in total. The summed E-state index contributed by atoms with van der Waals surface area (Å²) in [5.41, 5.74) is 1.20. The SMILES string of the molecule is CCCCCCCCCCCCC(=O)N(CCN(C)C)C(C)c1nc2ccccc2c(=O)n1-c1ccc(OC)cc1. The van der Waals surface area contributed by atoms with Gasteiger partial charge in [0.25, 0.3) is 5.56 Å². The number of hydrogen-bond donors (Lipinski definition) is 0. The van der Waals surface area contributed by atoms with Crippen molar-refractivity contribution >= 4 is 16.8 Å². The maximum atomic E-state index is 13.8. The average Bonchev–Trinajstić information content (AvgIpc) is 2.98. The molecule has 7 heteroatoms. The van der Waals surface area contributed by atoms with E-state index in [4.69, 9.17) is 9.72 Å². The molecule has 7 nitrogen and oxygen atoms in total. The van der Waals surface area contributed by atoms with E-state index in [0.717, 1.165) is 19.4 Å². The summed E-state index contributed by atoms with van der Waals surface area (Å²) < 4.78 is 6.99. The number of benzene rings is 2. The zero-order valence-corrected chi connectivity index (χ0v) is 25.9. The Labute approximate surface area is 246 Å². The van der Waals surface area contributed by atoms with Crippen LogP contribution in [0.4, 0.5) is 0 Å². The van der Waals surface area contributed by atoms with Crippen LogP contribution in [0.1, 0.15) is 96.3 Å². The summed E-state index contributed by atoms with van der Waals surface area (Å²) in [6.45, 7) is 5.54.